The molecular weight excluding hydrogens is 388 g/mol. The van der Waals surface area contributed by atoms with Gasteiger partial charge >= 0.3 is 11.9 Å². The molecular formula is C23H32O7. The van der Waals surface area contributed by atoms with Crippen LogP contribution in [0.25, 0.3) is 0 Å². The van der Waals surface area contributed by atoms with Crippen LogP contribution in [0, 0.1) is 5.92 Å². The van der Waals surface area contributed by atoms with Gasteiger partial charge in [-0.1, -0.05) is 50.6 Å². The highest BCUT2D eigenvalue weighted by Gasteiger charge is 2.60. The third kappa shape index (κ3) is 5.08. The molecule has 7 nitrogen and oxygen atoms in total. The van der Waals surface area contributed by atoms with Crippen LogP contribution in [0.3, 0.4) is 0 Å². The van der Waals surface area contributed by atoms with Crippen molar-refractivity contribution in [2.75, 3.05) is 13.2 Å². The Morgan fingerprint density at radius 1 is 0.900 bits per heavy atom. The van der Waals surface area contributed by atoms with Crippen LogP contribution < -0.4 is 0 Å². The molecule has 30 heavy (non-hydrogen) atoms. The fraction of sp³-hybridized carbons (Fsp3) is 0.609. The summed E-state index contributed by atoms with van der Waals surface area (Å²) >= 11 is 0. The highest BCUT2D eigenvalue weighted by molar-refractivity contribution is 5.87. The van der Waals surface area contributed by atoms with E-state index in [0.29, 0.717) is 31.2 Å². The van der Waals surface area contributed by atoms with Crippen LogP contribution in [0.15, 0.2) is 30.3 Å². The lowest BCUT2D eigenvalue weighted by Gasteiger charge is -2.35. The molecule has 0 amide bonds. The standard InChI is InChI=1S/C23H32O7/c1-5-12-17(18(24)13-6-2)23(16-14-10-9-11-15-16)29-19(21(25)27-7-3)20(30-23)22(26)28-8-4/h9-11,14-15,17,19-20H,5-8,12-13H2,1-4H3/t17-,19+,20+/m0/s1. The quantitative estimate of drug-likeness (QED) is 0.506. The monoisotopic (exact) mass is 420 g/mol. The minimum Gasteiger partial charge on any atom is -0.464 e. The predicted octanol–water partition coefficient (Wildman–Crippen LogP) is 3.54. The largest absolute Gasteiger partial charge is 0.464 e. The highest BCUT2D eigenvalue weighted by Crippen LogP contribution is 2.46. The summed E-state index contributed by atoms with van der Waals surface area (Å²) in [6.07, 6.45) is -0.433. The number of hydrogen-bond donors (Lipinski definition) is 0. The lowest BCUT2D eigenvalue weighted by molar-refractivity contribution is -0.225. The molecule has 1 aliphatic rings. The number of carbonyl (C=O) groups excluding carboxylic acids is 3. The van der Waals surface area contributed by atoms with E-state index in [4.69, 9.17) is 18.9 Å². The number of ketones is 1. The summed E-state index contributed by atoms with van der Waals surface area (Å²) in [5.74, 6) is -3.71. The van der Waals surface area contributed by atoms with Crippen molar-refractivity contribution < 1.29 is 33.3 Å². The Bertz CT molecular complexity index is 690. The van der Waals surface area contributed by atoms with Gasteiger partial charge in [0.2, 0.25) is 5.79 Å². The average Bonchev–Trinajstić information content (AvgIpc) is 3.15. The van der Waals surface area contributed by atoms with Gasteiger partial charge in [-0.05, 0) is 26.7 Å². The third-order valence-corrected chi connectivity index (χ3v) is 5.01. The van der Waals surface area contributed by atoms with Crippen LogP contribution in [0.5, 0.6) is 0 Å². The molecule has 0 saturated carbocycles. The zero-order chi connectivity index (χ0) is 22.1. The van der Waals surface area contributed by atoms with Crippen molar-refractivity contribution in [3.63, 3.8) is 0 Å². The summed E-state index contributed by atoms with van der Waals surface area (Å²) in [6, 6.07) is 8.98. The first-order valence-electron chi connectivity index (χ1n) is 10.7. The number of carbonyl (C=O) groups is 3. The highest BCUT2D eigenvalue weighted by atomic mass is 16.8. The van der Waals surface area contributed by atoms with Gasteiger partial charge in [0, 0.05) is 12.0 Å². The Balaban J connectivity index is 2.58. The van der Waals surface area contributed by atoms with Crippen LogP contribution in [0.4, 0.5) is 0 Å². The number of esters is 2. The molecule has 0 spiro atoms. The number of benzene rings is 1. The van der Waals surface area contributed by atoms with Gasteiger partial charge in [-0.2, -0.15) is 0 Å². The Morgan fingerprint density at radius 2 is 1.43 bits per heavy atom. The van der Waals surface area contributed by atoms with Gasteiger partial charge in [-0.3, -0.25) is 4.79 Å². The van der Waals surface area contributed by atoms with Crippen molar-refractivity contribution in [1.82, 2.24) is 0 Å². The van der Waals surface area contributed by atoms with Crippen molar-refractivity contribution in [3.8, 4) is 0 Å². The van der Waals surface area contributed by atoms with Crippen molar-refractivity contribution >= 4 is 17.7 Å². The van der Waals surface area contributed by atoms with Gasteiger partial charge in [0.1, 0.15) is 5.78 Å². The number of Topliss-reactive ketones (excluding diaryl/α,β-unsaturated/α-hetero) is 1. The van der Waals surface area contributed by atoms with Crippen molar-refractivity contribution in [1.29, 1.82) is 0 Å². The maximum atomic E-state index is 13.1. The topological polar surface area (TPSA) is 88.1 Å². The van der Waals surface area contributed by atoms with E-state index < -0.39 is 35.9 Å². The molecule has 3 atom stereocenters. The van der Waals surface area contributed by atoms with E-state index in [1.165, 1.54) is 0 Å². The van der Waals surface area contributed by atoms with E-state index in [1.54, 1.807) is 38.1 Å². The molecule has 0 aliphatic carbocycles. The third-order valence-electron chi connectivity index (χ3n) is 5.01. The molecule has 2 rings (SSSR count). The molecule has 1 fully saturated rings. The van der Waals surface area contributed by atoms with Crippen LogP contribution >= 0.6 is 0 Å². The van der Waals surface area contributed by atoms with Gasteiger partial charge in [0.05, 0.1) is 19.1 Å². The molecule has 166 valence electrons. The predicted molar refractivity (Wildman–Crippen MR) is 109 cm³/mol. The Labute approximate surface area is 178 Å². The zero-order valence-corrected chi connectivity index (χ0v) is 18.2. The Morgan fingerprint density at radius 3 is 1.87 bits per heavy atom. The van der Waals surface area contributed by atoms with Gasteiger partial charge in [-0.15, -0.1) is 0 Å². The molecule has 0 unspecified atom stereocenters. The molecule has 0 N–H and O–H groups in total. The molecule has 0 radical (unpaired) electrons. The zero-order valence-electron chi connectivity index (χ0n) is 18.2. The Kier molecular flexibility index (Phi) is 8.99. The Hall–Kier alpha value is -2.25. The molecule has 7 heteroatoms. The maximum Gasteiger partial charge on any atom is 0.338 e. The summed E-state index contributed by atoms with van der Waals surface area (Å²) in [5.41, 5.74) is 0.578. The van der Waals surface area contributed by atoms with E-state index in [9.17, 15) is 14.4 Å². The fourth-order valence-electron chi connectivity index (χ4n) is 3.77. The van der Waals surface area contributed by atoms with Crippen LogP contribution in [-0.2, 0) is 39.1 Å². The summed E-state index contributed by atoms with van der Waals surface area (Å²) in [4.78, 5) is 38.4. The first kappa shape index (κ1) is 24.0. The molecule has 1 heterocycles. The van der Waals surface area contributed by atoms with Crippen LogP contribution in [0.2, 0.25) is 0 Å². The second-order valence-corrected chi connectivity index (χ2v) is 7.17. The fourth-order valence-corrected chi connectivity index (χ4v) is 3.77. The summed E-state index contributed by atoms with van der Waals surface area (Å²) < 4.78 is 22.6. The summed E-state index contributed by atoms with van der Waals surface area (Å²) in [5, 5.41) is 0. The van der Waals surface area contributed by atoms with E-state index in [1.807, 2.05) is 19.9 Å². The van der Waals surface area contributed by atoms with E-state index in [0.717, 1.165) is 0 Å². The van der Waals surface area contributed by atoms with Crippen molar-refractivity contribution in [3.05, 3.63) is 35.9 Å². The smallest absolute Gasteiger partial charge is 0.338 e. The summed E-state index contributed by atoms with van der Waals surface area (Å²) in [7, 11) is 0. The van der Waals surface area contributed by atoms with Gasteiger partial charge < -0.3 is 18.9 Å². The second kappa shape index (κ2) is 11.2. The minimum atomic E-state index is -1.57. The lowest BCUT2D eigenvalue weighted by Crippen LogP contribution is -2.42. The molecule has 1 aromatic carbocycles. The SMILES string of the molecule is CCCC(=O)[C@H](CCC)C1(c2ccccc2)O[C@@H](C(=O)OCC)[C@H](C(=O)OCC)O1. The second-order valence-electron chi connectivity index (χ2n) is 7.17. The van der Waals surface area contributed by atoms with E-state index in [2.05, 4.69) is 0 Å². The average molecular weight is 421 g/mol. The normalized spacial score (nSPS) is 21.1. The van der Waals surface area contributed by atoms with E-state index in [-0.39, 0.29) is 19.0 Å². The number of hydrogen-bond acceptors (Lipinski definition) is 7. The van der Waals surface area contributed by atoms with Gasteiger partial charge in [0.25, 0.3) is 0 Å². The van der Waals surface area contributed by atoms with Gasteiger partial charge in [-0.25, -0.2) is 9.59 Å². The first-order valence-corrected chi connectivity index (χ1v) is 10.7. The maximum absolute atomic E-state index is 13.1. The van der Waals surface area contributed by atoms with Crippen LogP contribution in [-0.4, -0.2) is 43.1 Å². The molecule has 1 aromatic rings. The molecule has 1 saturated heterocycles. The lowest BCUT2D eigenvalue weighted by atomic mass is 9.83. The van der Waals surface area contributed by atoms with Crippen LogP contribution in [0.1, 0.15) is 58.9 Å². The van der Waals surface area contributed by atoms with Crippen molar-refractivity contribution in [2.24, 2.45) is 5.92 Å². The number of ether oxygens (including phenoxy) is 4. The van der Waals surface area contributed by atoms with E-state index >= 15 is 0 Å². The molecule has 0 bridgehead atoms. The number of rotatable bonds is 11. The molecule has 0 aromatic heterocycles. The first-order chi connectivity index (χ1) is 14.4. The molecule has 1 aliphatic heterocycles. The minimum absolute atomic E-state index is 0.0321. The summed E-state index contributed by atoms with van der Waals surface area (Å²) in [6.45, 7) is 7.48. The van der Waals surface area contributed by atoms with Crippen molar-refractivity contribution in [2.45, 2.75) is 71.4 Å². The van der Waals surface area contributed by atoms with Gasteiger partial charge in [0.15, 0.2) is 12.2 Å².